The van der Waals surface area contributed by atoms with E-state index in [-0.39, 0.29) is 11.1 Å². The number of ether oxygens (including phenoxy) is 1. The Morgan fingerprint density at radius 2 is 2.15 bits per heavy atom. The molecule has 0 saturated carbocycles. The van der Waals surface area contributed by atoms with Crippen molar-refractivity contribution in [3.05, 3.63) is 17.5 Å². The molecule has 0 aliphatic rings. The zero-order chi connectivity index (χ0) is 10.1. The summed E-state index contributed by atoms with van der Waals surface area (Å²) < 4.78 is 9.50. The smallest absolute Gasteiger partial charge is 0.360 e. The van der Waals surface area contributed by atoms with Crippen LogP contribution in [0.3, 0.4) is 0 Å². The van der Waals surface area contributed by atoms with Gasteiger partial charge in [0.25, 0.3) is 0 Å². The van der Waals surface area contributed by atoms with Crippen molar-refractivity contribution >= 4 is 5.97 Å². The number of methoxy groups -OCH3 is 1. The highest BCUT2D eigenvalue weighted by Gasteiger charge is 2.22. The molecule has 1 aromatic heterocycles. The maximum absolute atomic E-state index is 11.0. The molecule has 0 saturated heterocycles. The van der Waals surface area contributed by atoms with Crippen LogP contribution in [-0.2, 0) is 10.2 Å². The Morgan fingerprint density at radius 1 is 1.54 bits per heavy atom. The third-order valence-electron chi connectivity index (χ3n) is 1.64. The summed E-state index contributed by atoms with van der Waals surface area (Å²) in [6.07, 6.45) is 0. The number of hydrogen-bond donors (Lipinski definition) is 0. The molecule has 0 unspecified atom stereocenters. The number of nitrogens with zero attached hydrogens (tertiary/aromatic N) is 1. The standard InChI is InChI=1S/C9H13NO3/c1-9(2,3)7-5-6(10-13-7)8(11)12-4/h5H,1-4H3. The number of carbonyl (C=O) groups excluding carboxylic acids is 1. The van der Waals surface area contributed by atoms with Gasteiger partial charge in [0, 0.05) is 11.5 Å². The van der Waals surface area contributed by atoms with E-state index in [0.717, 1.165) is 0 Å². The number of carbonyl (C=O) groups is 1. The molecule has 13 heavy (non-hydrogen) atoms. The minimum absolute atomic E-state index is 0.140. The predicted octanol–water partition coefficient (Wildman–Crippen LogP) is 1.76. The average molecular weight is 183 g/mol. The molecule has 4 nitrogen and oxygen atoms in total. The van der Waals surface area contributed by atoms with Gasteiger partial charge in [-0.2, -0.15) is 0 Å². The van der Waals surface area contributed by atoms with E-state index >= 15 is 0 Å². The number of rotatable bonds is 1. The third kappa shape index (κ3) is 2.08. The van der Waals surface area contributed by atoms with E-state index in [1.165, 1.54) is 7.11 Å². The van der Waals surface area contributed by atoms with Gasteiger partial charge in [-0.1, -0.05) is 25.9 Å². The second-order valence-electron chi connectivity index (χ2n) is 3.82. The number of esters is 1. The van der Waals surface area contributed by atoms with E-state index in [4.69, 9.17) is 4.52 Å². The predicted molar refractivity (Wildman–Crippen MR) is 46.5 cm³/mol. The molecule has 0 aromatic carbocycles. The van der Waals surface area contributed by atoms with Gasteiger partial charge < -0.3 is 9.26 Å². The second-order valence-corrected chi connectivity index (χ2v) is 3.82. The van der Waals surface area contributed by atoms with Crippen molar-refractivity contribution < 1.29 is 14.1 Å². The fourth-order valence-corrected chi connectivity index (χ4v) is 0.829. The van der Waals surface area contributed by atoms with Gasteiger partial charge >= 0.3 is 5.97 Å². The van der Waals surface area contributed by atoms with E-state index < -0.39 is 5.97 Å². The number of hydrogen-bond acceptors (Lipinski definition) is 4. The van der Waals surface area contributed by atoms with Gasteiger partial charge in [0.05, 0.1) is 7.11 Å². The topological polar surface area (TPSA) is 52.3 Å². The first-order valence-corrected chi connectivity index (χ1v) is 4.00. The summed E-state index contributed by atoms with van der Waals surface area (Å²) in [6, 6.07) is 1.60. The maximum Gasteiger partial charge on any atom is 0.360 e. The lowest BCUT2D eigenvalue weighted by atomic mass is 9.93. The van der Waals surface area contributed by atoms with E-state index in [2.05, 4.69) is 9.89 Å². The molecule has 0 fully saturated rings. The van der Waals surface area contributed by atoms with Gasteiger partial charge in [-0.05, 0) is 0 Å². The fraction of sp³-hybridized carbons (Fsp3) is 0.556. The van der Waals surface area contributed by atoms with Crippen LogP contribution in [0.5, 0.6) is 0 Å². The molecule has 0 aliphatic carbocycles. The van der Waals surface area contributed by atoms with Crippen molar-refractivity contribution in [1.29, 1.82) is 0 Å². The molecule has 72 valence electrons. The Hall–Kier alpha value is -1.32. The van der Waals surface area contributed by atoms with E-state index in [9.17, 15) is 4.79 Å². The molecule has 0 bridgehead atoms. The Morgan fingerprint density at radius 3 is 2.54 bits per heavy atom. The highest BCUT2D eigenvalue weighted by molar-refractivity contribution is 5.86. The largest absolute Gasteiger partial charge is 0.464 e. The zero-order valence-corrected chi connectivity index (χ0v) is 8.25. The van der Waals surface area contributed by atoms with Crippen molar-refractivity contribution in [1.82, 2.24) is 5.16 Å². The highest BCUT2D eigenvalue weighted by Crippen LogP contribution is 2.22. The lowest BCUT2D eigenvalue weighted by molar-refractivity contribution is 0.0589. The Kier molecular flexibility index (Phi) is 2.40. The van der Waals surface area contributed by atoms with Crippen molar-refractivity contribution in [2.24, 2.45) is 0 Å². The van der Waals surface area contributed by atoms with Gasteiger partial charge in [0.2, 0.25) is 0 Å². The van der Waals surface area contributed by atoms with Crippen molar-refractivity contribution in [3.63, 3.8) is 0 Å². The molecule has 0 atom stereocenters. The first kappa shape index (κ1) is 9.77. The quantitative estimate of drug-likeness (QED) is 0.622. The minimum atomic E-state index is -0.473. The molecule has 4 heteroatoms. The Bertz CT molecular complexity index is 309. The van der Waals surface area contributed by atoms with Crippen LogP contribution in [-0.4, -0.2) is 18.2 Å². The van der Waals surface area contributed by atoms with Gasteiger partial charge in [0.1, 0.15) is 5.76 Å². The molecule has 0 aliphatic heterocycles. The zero-order valence-electron chi connectivity index (χ0n) is 8.25. The normalized spacial score (nSPS) is 11.4. The number of aromatic nitrogens is 1. The van der Waals surface area contributed by atoms with Crippen molar-refractivity contribution in [2.75, 3.05) is 7.11 Å². The van der Waals surface area contributed by atoms with Crippen molar-refractivity contribution in [3.8, 4) is 0 Å². The third-order valence-corrected chi connectivity index (χ3v) is 1.64. The first-order valence-electron chi connectivity index (χ1n) is 4.00. The summed E-state index contributed by atoms with van der Waals surface area (Å²) in [5, 5.41) is 3.60. The molecule has 0 N–H and O–H groups in total. The molecule has 0 amide bonds. The summed E-state index contributed by atoms with van der Waals surface area (Å²) in [6.45, 7) is 5.94. The Labute approximate surface area is 76.9 Å². The molecular weight excluding hydrogens is 170 g/mol. The van der Waals surface area contributed by atoms with Gasteiger partial charge in [0.15, 0.2) is 5.69 Å². The van der Waals surface area contributed by atoms with Crippen LogP contribution in [0.25, 0.3) is 0 Å². The molecule has 1 heterocycles. The molecular formula is C9H13NO3. The molecule has 1 rings (SSSR count). The van der Waals surface area contributed by atoms with Crippen LogP contribution in [0.2, 0.25) is 0 Å². The maximum atomic E-state index is 11.0. The monoisotopic (exact) mass is 183 g/mol. The lowest BCUT2D eigenvalue weighted by Crippen LogP contribution is -2.09. The summed E-state index contributed by atoms with van der Waals surface area (Å²) in [5.74, 6) is 0.201. The molecule has 1 aromatic rings. The first-order chi connectivity index (χ1) is 5.95. The van der Waals surface area contributed by atoms with Crippen LogP contribution in [0.4, 0.5) is 0 Å². The van der Waals surface area contributed by atoms with Gasteiger partial charge in [-0.25, -0.2) is 4.79 Å². The summed E-state index contributed by atoms with van der Waals surface area (Å²) in [7, 11) is 1.31. The lowest BCUT2D eigenvalue weighted by Gasteiger charge is -2.11. The van der Waals surface area contributed by atoms with Crippen LogP contribution in [0.1, 0.15) is 37.0 Å². The summed E-state index contributed by atoms with van der Waals surface area (Å²) in [5.41, 5.74) is 0.0756. The minimum Gasteiger partial charge on any atom is -0.464 e. The highest BCUT2D eigenvalue weighted by atomic mass is 16.5. The average Bonchev–Trinajstić information content (AvgIpc) is 2.50. The van der Waals surface area contributed by atoms with Gasteiger partial charge in [-0.15, -0.1) is 0 Å². The van der Waals surface area contributed by atoms with Crippen LogP contribution in [0, 0.1) is 0 Å². The van der Waals surface area contributed by atoms with Crippen LogP contribution >= 0.6 is 0 Å². The van der Waals surface area contributed by atoms with Crippen LogP contribution < -0.4 is 0 Å². The van der Waals surface area contributed by atoms with E-state index in [1.807, 2.05) is 20.8 Å². The summed E-state index contributed by atoms with van der Waals surface area (Å²) in [4.78, 5) is 11.0. The van der Waals surface area contributed by atoms with Gasteiger partial charge in [-0.3, -0.25) is 0 Å². The molecule has 0 spiro atoms. The summed E-state index contributed by atoms with van der Waals surface area (Å²) >= 11 is 0. The fourth-order valence-electron chi connectivity index (χ4n) is 0.829. The second kappa shape index (κ2) is 3.20. The van der Waals surface area contributed by atoms with E-state index in [1.54, 1.807) is 6.07 Å². The van der Waals surface area contributed by atoms with Crippen molar-refractivity contribution in [2.45, 2.75) is 26.2 Å². The van der Waals surface area contributed by atoms with Crippen LogP contribution in [0.15, 0.2) is 10.6 Å². The SMILES string of the molecule is COC(=O)c1cc(C(C)(C)C)on1. The van der Waals surface area contributed by atoms with E-state index in [0.29, 0.717) is 5.76 Å². The molecule has 0 radical (unpaired) electrons. The Balaban J connectivity index is 2.93.